The fraction of sp³-hybridized carbons (Fsp3) is 0.231. The van der Waals surface area contributed by atoms with Gasteiger partial charge in [-0.1, -0.05) is 27.5 Å². The maximum Gasteiger partial charge on any atom is 0.252 e. The number of halogens is 2. The van der Waals surface area contributed by atoms with Crippen LogP contribution in [0, 0.1) is 0 Å². The number of hydrogen-bond acceptors (Lipinski definition) is 3. The Balaban J connectivity index is 2.00. The zero-order chi connectivity index (χ0) is 14.7. The highest BCUT2D eigenvalue weighted by Crippen LogP contribution is 2.21. The molecule has 0 saturated heterocycles. The molecule has 2 N–H and O–H groups in total. The fourth-order valence-corrected chi connectivity index (χ4v) is 2.25. The average Bonchev–Trinajstić information content (AvgIpc) is 2.85. The molecule has 7 heteroatoms. The number of rotatable bonds is 4. The zero-order valence-corrected chi connectivity index (χ0v) is 13.0. The summed E-state index contributed by atoms with van der Waals surface area (Å²) in [5.74, 6) is -0.334. The minimum atomic E-state index is -0.807. The van der Waals surface area contributed by atoms with E-state index in [1.165, 1.54) is 0 Å². The zero-order valence-electron chi connectivity index (χ0n) is 10.7. The molecule has 0 bridgehead atoms. The Morgan fingerprint density at radius 2 is 2.35 bits per heavy atom. The number of nitrogens with zero attached hydrogens (tertiary/aromatic N) is 2. The van der Waals surface area contributed by atoms with Crippen LogP contribution >= 0.6 is 27.5 Å². The third kappa shape index (κ3) is 3.59. The molecule has 1 aromatic heterocycles. The third-order valence-electron chi connectivity index (χ3n) is 2.74. The number of amides is 1. The summed E-state index contributed by atoms with van der Waals surface area (Å²) in [4.78, 5) is 12.0. The molecule has 2 aromatic rings. The Morgan fingerprint density at radius 1 is 1.60 bits per heavy atom. The van der Waals surface area contributed by atoms with E-state index in [-0.39, 0.29) is 12.5 Å². The summed E-state index contributed by atoms with van der Waals surface area (Å²) in [6, 6.07) is 5.02. The van der Waals surface area contributed by atoms with Crippen LogP contribution in [0.5, 0.6) is 0 Å². The van der Waals surface area contributed by atoms with Crippen molar-refractivity contribution >= 4 is 33.4 Å². The SMILES string of the molecule is Cn1cc([C@@H](O)CNC(=O)c2cc(Br)ccc2Cl)cn1. The van der Waals surface area contributed by atoms with Crippen LogP contribution in [0.2, 0.25) is 5.02 Å². The van der Waals surface area contributed by atoms with Gasteiger partial charge in [0.15, 0.2) is 0 Å². The number of benzene rings is 1. The lowest BCUT2D eigenvalue weighted by molar-refractivity contribution is 0.0916. The topological polar surface area (TPSA) is 67.2 Å². The standard InChI is InChI=1S/C13H13BrClN3O2/c1-18-7-8(5-17-18)12(19)6-16-13(20)10-4-9(14)2-3-11(10)15/h2-5,7,12,19H,6H2,1H3,(H,16,20)/t12-/m0/s1. The van der Waals surface area contributed by atoms with E-state index < -0.39 is 6.10 Å². The molecule has 1 amide bonds. The molecule has 20 heavy (non-hydrogen) atoms. The lowest BCUT2D eigenvalue weighted by atomic mass is 10.2. The predicted octanol–water partition coefficient (Wildman–Crippen LogP) is 2.30. The number of hydrogen-bond donors (Lipinski definition) is 2. The van der Waals surface area contributed by atoms with Gasteiger partial charge >= 0.3 is 0 Å². The first-order chi connectivity index (χ1) is 9.47. The van der Waals surface area contributed by atoms with Crippen molar-refractivity contribution in [2.45, 2.75) is 6.10 Å². The maximum absolute atomic E-state index is 12.0. The average molecular weight is 359 g/mol. The molecule has 0 aliphatic heterocycles. The molecule has 106 valence electrons. The van der Waals surface area contributed by atoms with E-state index >= 15 is 0 Å². The van der Waals surface area contributed by atoms with Crippen molar-refractivity contribution in [3.63, 3.8) is 0 Å². The van der Waals surface area contributed by atoms with Gasteiger partial charge in [0.2, 0.25) is 0 Å². The maximum atomic E-state index is 12.0. The second kappa shape index (κ2) is 6.39. The first-order valence-electron chi connectivity index (χ1n) is 5.87. The van der Waals surface area contributed by atoms with E-state index in [4.69, 9.17) is 11.6 Å². The number of aliphatic hydroxyl groups is 1. The molecule has 0 aliphatic carbocycles. The van der Waals surface area contributed by atoms with Crippen molar-refractivity contribution in [1.82, 2.24) is 15.1 Å². The number of aliphatic hydroxyl groups excluding tert-OH is 1. The molecule has 1 atom stereocenters. The Hall–Kier alpha value is -1.37. The minimum absolute atomic E-state index is 0.0906. The van der Waals surface area contributed by atoms with Crippen LogP contribution in [0.15, 0.2) is 35.1 Å². The molecule has 0 radical (unpaired) electrons. The van der Waals surface area contributed by atoms with Gasteiger partial charge in [-0.05, 0) is 18.2 Å². The van der Waals surface area contributed by atoms with Crippen LogP contribution in [0.1, 0.15) is 22.0 Å². The molecule has 2 rings (SSSR count). The molecular weight excluding hydrogens is 346 g/mol. The molecule has 0 saturated carbocycles. The van der Waals surface area contributed by atoms with Crippen molar-refractivity contribution in [3.8, 4) is 0 Å². The number of nitrogens with one attached hydrogen (secondary N) is 1. The highest BCUT2D eigenvalue weighted by atomic mass is 79.9. The predicted molar refractivity (Wildman–Crippen MR) is 79.7 cm³/mol. The van der Waals surface area contributed by atoms with Crippen molar-refractivity contribution in [2.75, 3.05) is 6.54 Å². The van der Waals surface area contributed by atoms with E-state index in [0.717, 1.165) is 4.47 Å². The molecule has 1 heterocycles. The monoisotopic (exact) mass is 357 g/mol. The molecule has 0 fully saturated rings. The van der Waals surface area contributed by atoms with E-state index in [1.54, 1.807) is 42.3 Å². The lowest BCUT2D eigenvalue weighted by Crippen LogP contribution is -2.28. The van der Waals surface area contributed by atoms with Gasteiger partial charge in [0.1, 0.15) is 0 Å². The summed E-state index contributed by atoms with van der Waals surface area (Å²) in [7, 11) is 1.76. The van der Waals surface area contributed by atoms with Gasteiger partial charge in [-0.3, -0.25) is 9.48 Å². The Kier molecular flexibility index (Phi) is 4.80. The lowest BCUT2D eigenvalue weighted by Gasteiger charge is -2.11. The quantitative estimate of drug-likeness (QED) is 0.881. The molecule has 0 aliphatic rings. The van der Waals surface area contributed by atoms with E-state index in [2.05, 4.69) is 26.3 Å². The summed E-state index contributed by atoms with van der Waals surface area (Å²) in [5.41, 5.74) is 1.01. The summed E-state index contributed by atoms with van der Waals surface area (Å²) in [6.07, 6.45) is 2.45. The molecule has 0 spiro atoms. The summed E-state index contributed by atoms with van der Waals surface area (Å²) >= 11 is 9.25. The molecule has 1 aromatic carbocycles. The Bertz CT molecular complexity index is 630. The number of carbonyl (C=O) groups excluding carboxylic acids is 1. The minimum Gasteiger partial charge on any atom is -0.386 e. The van der Waals surface area contributed by atoms with Gasteiger partial charge in [-0.15, -0.1) is 0 Å². The van der Waals surface area contributed by atoms with Crippen LogP contribution in [0.3, 0.4) is 0 Å². The molecular formula is C13H13BrClN3O2. The van der Waals surface area contributed by atoms with Crippen molar-refractivity contribution in [1.29, 1.82) is 0 Å². The first kappa shape index (κ1) is 15.0. The number of aryl methyl sites for hydroxylation is 1. The van der Waals surface area contributed by atoms with Gasteiger partial charge in [0, 0.05) is 29.8 Å². The smallest absolute Gasteiger partial charge is 0.252 e. The van der Waals surface area contributed by atoms with E-state index in [1.807, 2.05) is 0 Å². The van der Waals surface area contributed by atoms with Crippen LogP contribution in [0.25, 0.3) is 0 Å². The molecule has 0 unspecified atom stereocenters. The second-order valence-electron chi connectivity index (χ2n) is 4.30. The van der Waals surface area contributed by atoms with Gasteiger partial charge < -0.3 is 10.4 Å². The van der Waals surface area contributed by atoms with Crippen LogP contribution in [-0.2, 0) is 7.05 Å². The number of aromatic nitrogens is 2. The van der Waals surface area contributed by atoms with Gasteiger partial charge in [0.25, 0.3) is 5.91 Å². The van der Waals surface area contributed by atoms with Crippen LogP contribution in [0.4, 0.5) is 0 Å². The Morgan fingerprint density at radius 3 is 3.00 bits per heavy atom. The Labute approximate surface area is 129 Å². The van der Waals surface area contributed by atoms with Crippen molar-refractivity contribution in [3.05, 3.63) is 51.2 Å². The van der Waals surface area contributed by atoms with Gasteiger partial charge in [-0.25, -0.2) is 0 Å². The second-order valence-corrected chi connectivity index (χ2v) is 5.62. The molecule has 5 nitrogen and oxygen atoms in total. The third-order valence-corrected chi connectivity index (χ3v) is 3.56. The normalized spacial score (nSPS) is 12.2. The highest BCUT2D eigenvalue weighted by Gasteiger charge is 2.14. The van der Waals surface area contributed by atoms with Crippen molar-refractivity contribution < 1.29 is 9.90 Å². The highest BCUT2D eigenvalue weighted by molar-refractivity contribution is 9.10. The van der Waals surface area contributed by atoms with E-state index in [9.17, 15) is 9.90 Å². The van der Waals surface area contributed by atoms with Gasteiger partial charge in [-0.2, -0.15) is 5.10 Å². The van der Waals surface area contributed by atoms with Crippen molar-refractivity contribution in [2.24, 2.45) is 7.05 Å². The van der Waals surface area contributed by atoms with Gasteiger partial charge in [0.05, 0.1) is 22.9 Å². The largest absolute Gasteiger partial charge is 0.386 e. The number of carbonyl (C=O) groups is 1. The summed E-state index contributed by atoms with van der Waals surface area (Å²) in [6.45, 7) is 0.0906. The first-order valence-corrected chi connectivity index (χ1v) is 7.04. The summed E-state index contributed by atoms with van der Waals surface area (Å²) in [5, 5.41) is 16.9. The van der Waals surface area contributed by atoms with E-state index in [0.29, 0.717) is 16.1 Å². The fourth-order valence-electron chi connectivity index (χ4n) is 1.69. The summed E-state index contributed by atoms with van der Waals surface area (Å²) < 4.78 is 2.35. The van der Waals surface area contributed by atoms with Crippen LogP contribution in [-0.4, -0.2) is 27.3 Å². The van der Waals surface area contributed by atoms with Crippen LogP contribution < -0.4 is 5.32 Å².